The van der Waals surface area contributed by atoms with Crippen molar-refractivity contribution in [2.75, 3.05) is 13.2 Å². The van der Waals surface area contributed by atoms with Crippen LogP contribution in [0.25, 0.3) is 33.5 Å². The highest BCUT2D eigenvalue weighted by molar-refractivity contribution is 6.33. The summed E-state index contributed by atoms with van der Waals surface area (Å²) in [6, 6.07) is 20.3. The highest BCUT2D eigenvalue weighted by atomic mass is 35.5. The number of nitrogens with zero attached hydrogens (tertiary/aromatic N) is 2. The van der Waals surface area contributed by atoms with E-state index < -0.39 is 12.2 Å². The molecule has 0 spiro atoms. The van der Waals surface area contributed by atoms with Crippen molar-refractivity contribution in [1.82, 2.24) is 15.0 Å². The maximum atomic E-state index is 10.0. The summed E-state index contributed by atoms with van der Waals surface area (Å²) in [5, 5.41) is 19.7. The van der Waals surface area contributed by atoms with Gasteiger partial charge in [0.25, 0.3) is 6.01 Å². The minimum Gasteiger partial charge on any atom is -0.459 e. The van der Waals surface area contributed by atoms with Crippen LogP contribution in [0.4, 0.5) is 0 Å². The number of H-pyrrole nitrogens is 1. The Balaban J connectivity index is 1.37. The van der Waals surface area contributed by atoms with Crippen molar-refractivity contribution in [2.45, 2.75) is 24.7 Å². The molecule has 1 aliphatic rings. The molecule has 0 aliphatic carbocycles. The highest BCUT2D eigenvalue weighted by Gasteiger charge is 2.31. The second-order valence-electron chi connectivity index (χ2n) is 7.77. The number of imidazole rings is 1. The van der Waals surface area contributed by atoms with Crippen LogP contribution in [-0.4, -0.2) is 56.7 Å². The van der Waals surface area contributed by atoms with Gasteiger partial charge in [-0.25, -0.2) is 4.98 Å². The molecule has 3 N–H and O–H groups in total. The van der Waals surface area contributed by atoms with Crippen LogP contribution in [0.3, 0.4) is 0 Å². The SMILES string of the molecule is OC[C@H]1OC[C@@H](Oc2nc3nc(-c4ccc(-c5ccccc5)cc4)c(Cl)cc3[nH]2)C[C@@H]1O. The average molecular weight is 452 g/mol. The van der Waals surface area contributed by atoms with Gasteiger partial charge in [0, 0.05) is 12.0 Å². The Kier molecular flexibility index (Phi) is 5.80. The average Bonchev–Trinajstić information content (AvgIpc) is 3.20. The third-order valence-electron chi connectivity index (χ3n) is 5.56. The second-order valence-corrected chi connectivity index (χ2v) is 8.18. The van der Waals surface area contributed by atoms with Gasteiger partial charge < -0.3 is 24.7 Å². The Morgan fingerprint density at radius 3 is 2.47 bits per heavy atom. The lowest BCUT2D eigenvalue weighted by Gasteiger charge is -2.31. The van der Waals surface area contributed by atoms with Gasteiger partial charge in [0.05, 0.1) is 35.6 Å². The first-order chi connectivity index (χ1) is 15.6. The van der Waals surface area contributed by atoms with Crippen molar-refractivity contribution >= 4 is 22.8 Å². The molecule has 8 heteroatoms. The maximum Gasteiger partial charge on any atom is 0.296 e. The van der Waals surface area contributed by atoms with E-state index >= 15 is 0 Å². The van der Waals surface area contributed by atoms with Gasteiger partial charge in [-0.2, -0.15) is 4.98 Å². The molecule has 32 heavy (non-hydrogen) atoms. The molecule has 0 amide bonds. The number of ether oxygens (including phenoxy) is 2. The molecular weight excluding hydrogens is 430 g/mol. The van der Waals surface area contributed by atoms with E-state index in [0.29, 0.717) is 28.3 Å². The van der Waals surface area contributed by atoms with Gasteiger partial charge in [-0.15, -0.1) is 0 Å². The largest absolute Gasteiger partial charge is 0.459 e. The number of fused-ring (bicyclic) bond motifs is 1. The van der Waals surface area contributed by atoms with E-state index in [4.69, 9.17) is 21.1 Å². The molecule has 2 aromatic heterocycles. The van der Waals surface area contributed by atoms with E-state index in [0.717, 1.165) is 16.7 Å². The van der Waals surface area contributed by atoms with E-state index in [-0.39, 0.29) is 25.3 Å². The lowest BCUT2D eigenvalue weighted by Crippen LogP contribution is -2.45. The fourth-order valence-corrected chi connectivity index (χ4v) is 4.11. The Hall–Kier alpha value is -2.97. The second kappa shape index (κ2) is 8.88. The fraction of sp³-hybridized carbons (Fsp3) is 0.250. The monoisotopic (exact) mass is 451 g/mol. The van der Waals surface area contributed by atoms with Gasteiger partial charge in [-0.1, -0.05) is 66.2 Å². The third kappa shape index (κ3) is 4.20. The van der Waals surface area contributed by atoms with Crippen LogP contribution in [-0.2, 0) is 4.74 Å². The molecule has 1 aliphatic heterocycles. The summed E-state index contributed by atoms with van der Waals surface area (Å²) in [4.78, 5) is 12.1. The first-order valence-corrected chi connectivity index (χ1v) is 10.8. The predicted molar refractivity (Wildman–Crippen MR) is 122 cm³/mol. The number of halogens is 1. The lowest BCUT2D eigenvalue weighted by atomic mass is 10.0. The normalized spacial score (nSPS) is 21.0. The number of nitrogens with one attached hydrogen (secondary N) is 1. The molecule has 7 nitrogen and oxygen atoms in total. The number of rotatable bonds is 5. The summed E-state index contributed by atoms with van der Waals surface area (Å²) in [6.45, 7) is 0.0303. The van der Waals surface area contributed by atoms with Gasteiger partial charge in [-0.05, 0) is 17.2 Å². The quantitative estimate of drug-likeness (QED) is 0.426. The number of hydrogen-bond donors (Lipinski definition) is 3. The molecule has 4 aromatic rings. The molecule has 0 unspecified atom stereocenters. The number of pyridine rings is 1. The zero-order valence-electron chi connectivity index (χ0n) is 17.1. The van der Waals surface area contributed by atoms with Gasteiger partial charge in [0.15, 0.2) is 5.65 Å². The topological polar surface area (TPSA) is 100 Å². The van der Waals surface area contributed by atoms with Crippen LogP contribution in [0.2, 0.25) is 5.02 Å². The first-order valence-electron chi connectivity index (χ1n) is 10.4. The molecule has 2 aromatic carbocycles. The highest BCUT2D eigenvalue weighted by Crippen LogP contribution is 2.31. The summed E-state index contributed by atoms with van der Waals surface area (Å²) in [7, 11) is 0. The number of aromatic nitrogens is 3. The molecule has 0 bridgehead atoms. The van der Waals surface area contributed by atoms with Crippen LogP contribution in [0.1, 0.15) is 6.42 Å². The van der Waals surface area contributed by atoms with Gasteiger partial charge in [0.1, 0.15) is 12.2 Å². The van der Waals surface area contributed by atoms with Crippen molar-refractivity contribution < 1.29 is 19.7 Å². The van der Waals surface area contributed by atoms with E-state index in [9.17, 15) is 10.2 Å². The zero-order chi connectivity index (χ0) is 22.1. The minimum atomic E-state index is -0.791. The summed E-state index contributed by atoms with van der Waals surface area (Å²) in [5.41, 5.74) is 4.92. The number of aliphatic hydroxyl groups is 2. The van der Waals surface area contributed by atoms with Crippen LogP contribution < -0.4 is 4.74 Å². The number of benzene rings is 2. The van der Waals surface area contributed by atoms with E-state index in [2.05, 4.69) is 27.1 Å². The van der Waals surface area contributed by atoms with Crippen molar-refractivity contribution in [1.29, 1.82) is 0 Å². The molecule has 164 valence electrons. The number of aliphatic hydroxyl groups excluding tert-OH is 2. The Morgan fingerprint density at radius 2 is 1.75 bits per heavy atom. The first kappa shape index (κ1) is 20.9. The van der Waals surface area contributed by atoms with Crippen LogP contribution >= 0.6 is 11.6 Å². The van der Waals surface area contributed by atoms with Crippen LogP contribution in [0, 0.1) is 0 Å². The van der Waals surface area contributed by atoms with Gasteiger partial charge in [-0.3, -0.25) is 0 Å². The molecule has 1 fully saturated rings. The minimum absolute atomic E-state index is 0.226. The Morgan fingerprint density at radius 1 is 1.03 bits per heavy atom. The van der Waals surface area contributed by atoms with Gasteiger partial charge >= 0.3 is 0 Å². The lowest BCUT2D eigenvalue weighted by molar-refractivity contribution is -0.131. The van der Waals surface area contributed by atoms with Crippen molar-refractivity contribution in [3.8, 4) is 28.4 Å². The third-order valence-corrected chi connectivity index (χ3v) is 5.85. The predicted octanol–water partition coefficient (Wildman–Crippen LogP) is 3.83. The molecule has 0 saturated carbocycles. The van der Waals surface area contributed by atoms with Crippen molar-refractivity contribution in [3.63, 3.8) is 0 Å². The number of aromatic amines is 1. The van der Waals surface area contributed by atoms with E-state index in [1.54, 1.807) is 6.07 Å². The Labute approximate surface area is 189 Å². The fourth-order valence-electron chi connectivity index (χ4n) is 3.85. The molecule has 5 rings (SSSR count). The maximum absolute atomic E-state index is 10.0. The van der Waals surface area contributed by atoms with Gasteiger partial charge in [0.2, 0.25) is 0 Å². The summed E-state index contributed by atoms with van der Waals surface area (Å²) in [6.07, 6.45) is -1.41. The smallest absolute Gasteiger partial charge is 0.296 e. The molecule has 3 atom stereocenters. The zero-order valence-corrected chi connectivity index (χ0v) is 17.9. The summed E-state index contributed by atoms with van der Waals surface area (Å²) >= 11 is 6.52. The van der Waals surface area contributed by atoms with Crippen molar-refractivity contribution in [2.24, 2.45) is 0 Å². The van der Waals surface area contributed by atoms with Crippen LogP contribution in [0.5, 0.6) is 6.01 Å². The standard InChI is InChI=1S/C24H22ClN3O4/c25-18-11-19-23(28-24(26-19)32-17-10-20(30)21(12-29)31-13-17)27-22(18)16-8-6-15(7-9-16)14-4-2-1-3-5-14/h1-9,11,17,20-21,29-30H,10,12-13H2,(H,26,27,28)/t17-,20-,21+/m0/s1. The summed E-state index contributed by atoms with van der Waals surface area (Å²) in [5.74, 6) is 0. The summed E-state index contributed by atoms with van der Waals surface area (Å²) < 4.78 is 11.3. The molecular formula is C24H22ClN3O4. The number of hydrogen-bond acceptors (Lipinski definition) is 6. The van der Waals surface area contributed by atoms with Crippen molar-refractivity contribution in [3.05, 3.63) is 65.7 Å². The Bertz CT molecular complexity index is 1210. The van der Waals surface area contributed by atoms with Crippen LogP contribution in [0.15, 0.2) is 60.7 Å². The molecule has 1 saturated heterocycles. The van der Waals surface area contributed by atoms with E-state index in [1.807, 2.05) is 42.5 Å². The molecule has 0 radical (unpaired) electrons. The van der Waals surface area contributed by atoms with E-state index in [1.165, 1.54) is 0 Å². The molecule has 3 heterocycles.